The molecule has 2 fully saturated rings. The van der Waals surface area contributed by atoms with E-state index in [9.17, 15) is 0 Å². The molecule has 1 saturated heterocycles. The van der Waals surface area contributed by atoms with Crippen LogP contribution in [0.2, 0.25) is 0 Å². The number of allylic oxidation sites excluding steroid dienone is 1. The first-order valence-electron chi connectivity index (χ1n) is 14.6. The minimum absolute atomic E-state index is 0.479. The molecule has 210 valence electrons. The lowest BCUT2D eigenvalue weighted by atomic mass is 9.87. The lowest BCUT2D eigenvalue weighted by molar-refractivity contribution is 0.378. The van der Waals surface area contributed by atoms with E-state index in [0.717, 1.165) is 23.7 Å². The Morgan fingerprint density at radius 3 is 2.30 bits per heavy atom. The molecule has 0 spiro atoms. The van der Waals surface area contributed by atoms with E-state index in [1.165, 1.54) is 78.5 Å². The second-order valence-corrected chi connectivity index (χ2v) is 19.2. The minimum atomic E-state index is -2.32. The van der Waals surface area contributed by atoms with E-state index < -0.39 is 9.16 Å². The van der Waals surface area contributed by atoms with E-state index in [2.05, 4.69) is 64.9 Å². The van der Waals surface area contributed by atoms with Gasteiger partial charge in [-0.05, 0) is 121 Å². The number of nitrogens with two attached hydrogens (primary N) is 2. The average molecular weight is 529 g/mol. The maximum Gasteiger partial charge on any atom is 0.0610 e. The molecule has 0 aromatic heterocycles. The van der Waals surface area contributed by atoms with Gasteiger partial charge in [0.05, 0.1) is 6.54 Å². The quantitative estimate of drug-likeness (QED) is 0.143. The van der Waals surface area contributed by atoms with Gasteiger partial charge in [-0.25, -0.2) is 5.84 Å². The molecule has 1 aromatic rings. The van der Waals surface area contributed by atoms with Crippen molar-refractivity contribution in [1.82, 2.24) is 10.3 Å². The van der Waals surface area contributed by atoms with Crippen molar-refractivity contribution in [3.8, 4) is 0 Å². The van der Waals surface area contributed by atoms with Gasteiger partial charge in [-0.1, -0.05) is 46.3 Å². The van der Waals surface area contributed by atoms with Crippen molar-refractivity contribution in [3.05, 3.63) is 64.3 Å². The molecule has 2 aliphatic rings. The Labute approximate surface area is 228 Å². The van der Waals surface area contributed by atoms with Gasteiger partial charge in [-0.15, -0.1) is 0 Å². The van der Waals surface area contributed by atoms with E-state index >= 15 is 0 Å². The number of rotatable bonds is 11. The van der Waals surface area contributed by atoms with Crippen LogP contribution in [0.5, 0.6) is 0 Å². The van der Waals surface area contributed by atoms with Gasteiger partial charge >= 0.3 is 0 Å². The number of benzene rings is 1. The Morgan fingerprint density at radius 1 is 1.08 bits per heavy atom. The first-order valence-corrected chi connectivity index (χ1v) is 17.6. The van der Waals surface area contributed by atoms with E-state index in [-0.39, 0.29) is 0 Å². The Bertz CT molecular complexity index is 1000. The molecule has 1 aliphatic carbocycles. The monoisotopic (exact) mass is 528 g/mol. The molecule has 5 heteroatoms. The molecular formula is C32H56N4S. The number of hydrogen-bond donors (Lipinski definition) is 4. The molecule has 2 unspecified atom stereocenters. The van der Waals surface area contributed by atoms with E-state index in [1.807, 2.05) is 11.2 Å². The number of hydrogen-bond acceptors (Lipinski definition) is 4. The lowest BCUT2D eigenvalue weighted by Crippen LogP contribution is -2.43. The first kappa shape index (κ1) is 29.7. The lowest BCUT2D eigenvalue weighted by Gasteiger charge is -2.65. The first-order chi connectivity index (χ1) is 17.4. The van der Waals surface area contributed by atoms with Crippen molar-refractivity contribution in [1.29, 1.82) is 0 Å². The van der Waals surface area contributed by atoms with Crippen LogP contribution in [0.4, 0.5) is 0 Å². The van der Waals surface area contributed by atoms with Crippen LogP contribution in [0, 0.1) is 26.7 Å². The molecule has 0 amide bonds. The maximum absolute atomic E-state index is 6.60. The van der Waals surface area contributed by atoms with E-state index in [0.29, 0.717) is 23.0 Å². The molecule has 1 heterocycles. The van der Waals surface area contributed by atoms with Crippen LogP contribution in [0.25, 0.3) is 5.70 Å². The maximum atomic E-state index is 6.60. The highest BCUT2D eigenvalue weighted by Gasteiger charge is 2.53. The van der Waals surface area contributed by atoms with Crippen molar-refractivity contribution in [3.63, 3.8) is 0 Å². The molecule has 0 bridgehead atoms. The molecule has 0 radical (unpaired) electrons. The van der Waals surface area contributed by atoms with Crippen LogP contribution >= 0.6 is 9.16 Å². The average Bonchev–Trinajstić information content (AvgIpc) is 3.13. The highest BCUT2D eigenvalue weighted by atomic mass is 32.3. The normalized spacial score (nSPS) is 24.7. The molecule has 2 atom stereocenters. The fraction of sp³-hybridized carbons (Fsp3) is 0.625. The summed E-state index contributed by atoms with van der Waals surface area (Å²) >= 11 is 0. The highest BCUT2D eigenvalue weighted by Crippen LogP contribution is 2.83. The predicted molar refractivity (Wildman–Crippen MR) is 169 cm³/mol. The van der Waals surface area contributed by atoms with Crippen LogP contribution in [-0.4, -0.2) is 40.6 Å². The van der Waals surface area contributed by atoms with Crippen LogP contribution in [0.1, 0.15) is 87.5 Å². The standard InChI is InChI=1S/C32H56N4S/c1-9-31-16-15-25(4)37(31,8,18-17-35-28(7)30-19-23(2)27(6)24(3)20-30)26(5)21-36(34)22-32(33)29-13-11-10-12-14-29/h19-20,22,25,29,31,35,37H,5,7,9-18,21,33-34H2,1-4,6,8H3/b32-22-. The molecule has 1 saturated carbocycles. The van der Waals surface area contributed by atoms with Gasteiger partial charge in [-0.3, -0.25) is 9.16 Å². The summed E-state index contributed by atoms with van der Waals surface area (Å²) in [5, 5.41) is 6.93. The smallest absolute Gasteiger partial charge is 0.0610 e. The zero-order valence-electron chi connectivity index (χ0n) is 24.7. The number of hydrazine groups is 1. The van der Waals surface area contributed by atoms with Gasteiger partial charge in [0.15, 0.2) is 0 Å². The van der Waals surface area contributed by atoms with E-state index in [1.54, 1.807) is 0 Å². The third kappa shape index (κ3) is 5.93. The van der Waals surface area contributed by atoms with Crippen molar-refractivity contribution >= 4 is 14.9 Å². The van der Waals surface area contributed by atoms with Gasteiger partial charge in [0, 0.05) is 24.1 Å². The summed E-state index contributed by atoms with van der Waals surface area (Å²) in [7, 11) is -2.32. The van der Waals surface area contributed by atoms with Crippen LogP contribution < -0.4 is 16.9 Å². The van der Waals surface area contributed by atoms with Crippen LogP contribution in [0.3, 0.4) is 0 Å². The molecule has 3 rings (SSSR count). The summed E-state index contributed by atoms with van der Waals surface area (Å²) in [6.45, 7) is 22.2. The van der Waals surface area contributed by atoms with Crippen LogP contribution in [-0.2, 0) is 0 Å². The number of aryl methyl sites for hydroxylation is 2. The Balaban J connectivity index is 1.77. The third-order valence-electron chi connectivity index (χ3n) is 10.6. The van der Waals surface area contributed by atoms with Crippen LogP contribution in [0.15, 0.2) is 42.1 Å². The zero-order chi connectivity index (χ0) is 27.4. The molecule has 1 aliphatic heterocycles. The van der Waals surface area contributed by atoms with Gasteiger partial charge in [-0.2, -0.15) is 0 Å². The fourth-order valence-electron chi connectivity index (χ4n) is 7.36. The topological polar surface area (TPSA) is 67.3 Å². The second-order valence-electron chi connectivity index (χ2n) is 12.5. The number of nitrogens with one attached hydrogen (secondary N) is 1. The zero-order valence-corrected chi connectivity index (χ0v) is 25.6. The van der Waals surface area contributed by atoms with Gasteiger partial charge in [0.2, 0.25) is 0 Å². The van der Waals surface area contributed by atoms with Crippen molar-refractivity contribution in [2.24, 2.45) is 17.5 Å². The van der Waals surface area contributed by atoms with Crippen molar-refractivity contribution in [2.75, 3.05) is 25.1 Å². The Hall–Kier alpha value is -1.85. The molecule has 4 nitrogen and oxygen atoms in total. The molecule has 5 N–H and O–H groups in total. The Kier molecular flexibility index (Phi) is 9.56. The fourth-order valence-corrected chi connectivity index (χ4v) is 14.4. The molecular weight excluding hydrogens is 472 g/mol. The summed E-state index contributed by atoms with van der Waals surface area (Å²) in [5.41, 5.74) is 13.7. The van der Waals surface area contributed by atoms with Gasteiger partial charge in [0.25, 0.3) is 0 Å². The SMILES string of the molecule is C=C(NCC[SH]1(C)(C(=C)CN(N)/C=C(\N)C2CCCCC2)C(C)CCC1CC)c1cc(C)c(C)c(C)c1. The van der Waals surface area contributed by atoms with Gasteiger partial charge < -0.3 is 16.1 Å². The second kappa shape index (κ2) is 11.9. The third-order valence-corrected chi connectivity index (χ3v) is 19.3. The van der Waals surface area contributed by atoms with Gasteiger partial charge in [0.1, 0.15) is 0 Å². The Morgan fingerprint density at radius 2 is 1.70 bits per heavy atom. The summed E-state index contributed by atoms with van der Waals surface area (Å²) in [6, 6.07) is 4.51. The number of nitrogens with zero attached hydrogens (tertiary/aromatic N) is 1. The highest BCUT2D eigenvalue weighted by molar-refractivity contribution is 8.52. The van der Waals surface area contributed by atoms with Crippen molar-refractivity contribution < 1.29 is 0 Å². The molecule has 1 aromatic carbocycles. The minimum Gasteiger partial charge on any atom is -0.401 e. The molecule has 37 heavy (non-hydrogen) atoms. The largest absolute Gasteiger partial charge is 0.401 e. The summed E-state index contributed by atoms with van der Waals surface area (Å²) in [5.74, 6) is 8.22. The van der Waals surface area contributed by atoms with E-state index in [4.69, 9.17) is 18.2 Å². The number of thiol groups is 1. The summed E-state index contributed by atoms with van der Waals surface area (Å²) in [4.78, 5) is 1.37. The van der Waals surface area contributed by atoms with Crippen molar-refractivity contribution in [2.45, 2.75) is 96.5 Å². The summed E-state index contributed by atoms with van der Waals surface area (Å²) < 4.78 is 0. The summed E-state index contributed by atoms with van der Waals surface area (Å²) in [6.07, 6.45) is 14.7. The predicted octanol–water partition coefficient (Wildman–Crippen LogP) is 6.91.